The largest absolute Gasteiger partial charge is 0.450 e. The van der Waals surface area contributed by atoms with Crippen molar-refractivity contribution in [3.05, 3.63) is 12.2 Å². The minimum atomic E-state index is -5.28. The lowest BCUT2D eigenvalue weighted by molar-refractivity contribution is -0.314. The first-order chi connectivity index (χ1) is 7.93. The molecule has 0 radical (unpaired) electrons. The molecule has 2 atom stereocenters. The fraction of sp³-hybridized carbons (Fsp3) is 0.700. The molecule has 0 saturated carbocycles. The van der Waals surface area contributed by atoms with Crippen LogP contribution in [0.25, 0.3) is 0 Å². The molecular formula is C10H11F5O3. The van der Waals surface area contributed by atoms with Crippen LogP contribution in [-0.4, -0.2) is 36.4 Å². The van der Waals surface area contributed by atoms with Crippen molar-refractivity contribution in [1.29, 1.82) is 0 Å². The quantitative estimate of drug-likeness (QED) is 0.441. The van der Waals surface area contributed by atoms with E-state index in [-0.39, 0.29) is 12.5 Å². The zero-order valence-corrected chi connectivity index (χ0v) is 9.61. The third kappa shape index (κ3) is 2.09. The van der Waals surface area contributed by atoms with Gasteiger partial charge in [-0.25, -0.2) is 4.79 Å². The zero-order chi connectivity index (χ0) is 14.4. The number of alkyl halides is 5. The third-order valence-corrected chi connectivity index (χ3v) is 2.70. The van der Waals surface area contributed by atoms with Crippen molar-refractivity contribution < 1.29 is 36.2 Å². The Morgan fingerprint density at radius 2 is 1.94 bits per heavy atom. The van der Waals surface area contributed by atoms with E-state index in [2.05, 4.69) is 16.1 Å². The number of hydrogen-bond acceptors (Lipinski definition) is 3. The Morgan fingerprint density at radius 1 is 1.44 bits per heavy atom. The lowest BCUT2D eigenvalue weighted by atomic mass is 9.96. The molecule has 18 heavy (non-hydrogen) atoms. The van der Waals surface area contributed by atoms with Crippen molar-refractivity contribution in [3.8, 4) is 0 Å². The minimum Gasteiger partial charge on any atom is -0.450 e. The number of ether oxygens (including phenoxy) is 2. The molecule has 1 fully saturated rings. The van der Waals surface area contributed by atoms with Crippen LogP contribution < -0.4 is 0 Å². The van der Waals surface area contributed by atoms with E-state index >= 15 is 0 Å². The van der Waals surface area contributed by atoms with Gasteiger partial charge in [0, 0.05) is 5.57 Å². The second kappa shape index (κ2) is 4.18. The average molecular weight is 274 g/mol. The predicted molar refractivity (Wildman–Crippen MR) is 50.1 cm³/mol. The van der Waals surface area contributed by atoms with Crippen molar-refractivity contribution in [2.75, 3.05) is 6.61 Å². The Morgan fingerprint density at radius 3 is 2.28 bits per heavy atom. The van der Waals surface area contributed by atoms with Gasteiger partial charge in [-0.2, -0.15) is 22.0 Å². The lowest BCUT2D eigenvalue weighted by Crippen LogP contribution is -2.57. The maximum Gasteiger partial charge on any atom is 0.423 e. The summed E-state index contributed by atoms with van der Waals surface area (Å²) in [6.07, 6.45) is -7.56. The molecule has 3 nitrogen and oxygen atoms in total. The Balaban J connectivity index is 2.96. The number of rotatable bonds is 2. The molecule has 0 N–H and O–H groups in total. The summed E-state index contributed by atoms with van der Waals surface area (Å²) in [5.74, 6) is -5.55. The molecule has 2 unspecified atom stereocenters. The van der Waals surface area contributed by atoms with E-state index in [1.165, 1.54) is 6.92 Å². The Kier molecular flexibility index (Phi) is 3.46. The van der Waals surface area contributed by atoms with Gasteiger partial charge in [0.25, 0.3) is 0 Å². The van der Waals surface area contributed by atoms with Gasteiger partial charge in [0.15, 0.2) is 6.10 Å². The van der Waals surface area contributed by atoms with Gasteiger partial charge in [-0.3, -0.25) is 0 Å². The first kappa shape index (κ1) is 14.9. The Labute approximate surface area is 99.5 Å². The number of hydrogen-bond donors (Lipinski definition) is 0. The van der Waals surface area contributed by atoms with Crippen LogP contribution in [0.4, 0.5) is 22.0 Å². The van der Waals surface area contributed by atoms with Gasteiger partial charge in [-0.05, 0) is 13.8 Å². The Hall–Kier alpha value is -1.18. The van der Waals surface area contributed by atoms with Crippen molar-refractivity contribution in [2.24, 2.45) is 0 Å². The molecule has 104 valence electrons. The molecule has 1 aliphatic rings. The van der Waals surface area contributed by atoms with E-state index in [0.29, 0.717) is 0 Å². The van der Waals surface area contributed by atoms with Crippen molar-refractivity contribution in [1.82, 2.24) is 0 Å². The Bertz CT molecular complexity index is 376. The van der Waals surface area contributed by atoms with Gasteiger partial charge < -0.3 is 9.47 Å². The lowest BCUT2D eigenvalue weighted by Gasteiger charge is -2.32. The van der Waals surface area contributed by atoms with Crippen LogP contribution in [0.2, 0.25) is 0 Å². The van der Waals surface area contributed by atoms with Crippen LogP contribution >= 0.6 is 0 Å². The molecule has 1 heterocycles. The van der Waals surface area contributed by atoms with Crippen LogP contribution in [-0.2, 0) is 14.3 Å². The molecule has 1 rings (SSSR count). The van der Waals surface area contributed by atoms with Crippen LogP contribution in [0, 0.1) is 0 Å². The molecule has 0 spiro atoms. The topological polar surface area (TPSA) is 35.5 Å². The molecule has 1 aliphatic heterocycles. The van der Waals surface area contributed by atoms with E-state index in [0.717, 1.165) is 0 Å². The van der Waals surface area contributed by atoms with Crippen LogP contribution in [0.3, 0.4) is 0 Å². The van der Waals surface area contributed by atoms with Gasteiger partial charge in [-0.15, -0.1) is 0 Å². The SMILES string of the molecule is C=C(C)C(=O)OC1COC(C)(C(F)(F)F)C1(F)F. The predicted octanol–water partition coefficient (Wildman–Crippen LogP) is 2.46. The van der Waals surface area contributed by atoms with Gasteiger partial charge >= 0.3 is 18.1 Å². The number of carbonyl (C=O) groups is 1. The highest BCUT2D eigenvalue weighted by Gasteiger charge is 2.75. The van der Waals surface area contributed by atoms with Crippen LogP contribution in [0.1, 0.15) is 13.8 Å². The van der Waals surface area contributed by atoms with Crippen molar-refractivity contribution in [2.45, 2.75) is 37.7 Å². The van der Waals surface area contributed by atoms with Crippen molar-refractivity contribution >= 4 is 5.97 Å². The summed E-state index contributed by atoms with van der Waals surface area (Å²) in [6, 6.07) is 0. The molecule has 0 bridgehead atoms. The van der Waals surface area contributed by atoms with Crippen LogP contribution in [0.5, 0.6) is 0 Å². The molecule has 0 amide bonds. The fourth-order valence-electron chi connectivity index (χ4n) is 1.36. The van der Waals surface area contributed by atoms with Gasteiger partial charge in [0.05, 0.1) is 6.61 Å². The summed E-state index contributed by atoms with van der Waals surface area (Å²) < 4.78 is 73.3. The smallest absolute Gasteiger partial charge is 0.423 e. The van der Waals surface area contributed by atoms with E-state index in [9.17, 15) is 26.7 Å². The molecule has 0 aromatic rings. The monoisotopic (exact) mass is 274 g/mol. The zero-order valence-electron chi connectivity index (χ0n) is 9.61. The van der Waals surface area contributed by atoms with Crippen LogP contribution in [0.15, 0.2) is 12.2 Å². The van der Waals surface area contributed by atoms with Gasteiger partial charge in [0.2, 0.25) is 5.60 Å². The molecule has 1 saturated heterocycles. The maximum atomic E-state index is 13.6. The first-order valence-corrected chi connectivity index (χ1v) is 4.88. The normalized spacial score (nSPS) is 31.2. The third-order valence-electron chi connectivity index (χ3n) is 2.70. The second-order valence-corrected chi connectivity index (χ2v) is 4.14. The summed E-state index contributed by atoms with van der Waals surface area (Å²) in [5.41, 5.74) is -3.86. The summed E-state index contributed by atoms with van der Waals surface area (Å²) in [6.45, 7) is 3.54. The van der Waals surface area contributed by atoms with E-state index in [1.54, 1.807) is 0 Å². The highest BCUT2D eigenvalue weighted by atomic mass is 19.4. The average Bonchev–Trinajstić information content (AvgIpc) is 2.41. The summed E-state index contributed by atoms with van der Waals surface area (Å²) in [4.78, 5) is 11.1. The highest BCUT2D eigenvalue weighted by molar-refractivity contribution is 5.87. The van der Waals surface area contributed by atoms with Gasteiger partial charge in [-0.1, -0.05) is 6.58 Å². The molecule has 0 aromatic heterocycles. The molecule has 0 aromatic carbocycles. The van der Waals surface area contributed by atoms with E-state index in [1.807, 2.05) is 0 Å². The number of halogens is 5. The standard InChI is InChI=1S/C10H11F5O3/c1-5(2)7(16)18-6-4-17-8(3,9(6,11)12)10(13,14)15/h6H,1,4H2,2-3H3. The van der Waals surface area contributed by atoms with Gasteiger partial charge in [0.1, 0.15) is 0 Å². The summed E-state index contributed by atoms with van der Waals surface area (Å²) in [7, 11) is 0. The molecular weight excluding hydrogens is 263 g/mol. The van der Waals surface area contributed by atoms with E-state index < -0.39 is 36.4 Å². The number of esters is 1. The fourth-order valence-corrected chi connectivity index (χ4v) is 1.36. The maximum absolute atomic E-state index is 13.6. The van der Waals surface area contributed by atoms with Crippen molar-refractivity contribution in [3.63, 3.8) is 0 Å². The second-order valence-electron chi connectivity index (χ2n) is 4.14. The van der Waals surface area contributed by atoms with E-state index in [4.69, 9.17) is 0 Å². The molecule has 8 heteroatoms. The summed E-state index contributed by atoms with van der Waals surface area (Å²) in [5, 5.41) is 0. The summed E-state index contributed by atoms with van der Waals surface area (Å²) >= 11 is 0. The minimum absolute atomic E-state index is 0.189. The highest BCUT2D eigenvalue weighted by Crippen LogP contribution is 2.51. The molecule has 0 aliphatic carbocycles. The first-order valence-electron chi connectivity index (χ1n) is 4.88. The number of carbonyl (C=O) groups excluding carboxylic acids is 1.